The fourth-order valence-corrected chi connectivity index (χ4v) is 2.02. The van der Waals surface area contributed by atoms with Crippen molar-refractivity contribution in [3.8, 4) is 0 Å². The number of carbonyl (C=O) groups is 1. The Bertz CT molecular complexity index is 337. The third-order valence-electron chi connectivity index (χ3n) is 3.30. The number of benzene rings is 1. The lowest BCUT2D eigenvalue weighted by Gasteiger charge is -2.13. The Morgan fingerprint density at radius 1 is 1.36 bits per heavy atom. The first kappa shape index (κ1) is 9.45. The molecule has 1 aromatic carbocycles. The summed E-state index contributed by atoms with van der Waals surface area (Å²) in [6, 6.07) is 8.48. The average molecular weight is 188 g/mol. The quantitative estimate of drug-likeness (QED) is 0.664. The van der Waals surface area contributed by atoms with Gasteiger partial charge in [0.15, 0.2) is 0 Å². The largest absolute Gasteiger partial charge is 0.303 e. The Morgan fingerprint density at radius 3 is 2.64 bits per heavy atom. The Morgan fingerprint density at radius 2 is 2.07 bits per heavy atom. The van der Waals surface area contributed by atoms with Crippen LogP contribution < -0.4 is 0 Å². The second kappa shape index (κ2) is 3.56. The molecule has 0 radical (unpaired) electrons. The summed E-state index contributed by atoms with van der Waals surface area (Å²) >= 11 is 0. The first-order valence-corrected chi connectivity index (χ1v) is 5.24. The molecule has 74 valence electrons. The second-order valence-electron chi connectivity index (χ2n) is 4.47. The van der Waals surface area contributed by atoms with Gasteiger partial charge in [-0.15, -0.1) is 0 Å². The molecule has 0 bridgehead atoms. The summed E-state index contributed by atoms with van der Waals surface area (Å²) < 4.78 is 0. The van der Waals surface area contributed by atoms with Gasteiger partial charge in [-0.25, -0.2) is 0 Å². The van der Waals surface area contributed by atoms with Gasteiger partial charge in [0.1, 0.15) is 6.29 Å². The van der Waals surface area contributed by atoms with Gasteiger partial charge in [0, 0.05) is 6.42 Å². The molecule has 0 N–H and O–H groups in total. The van der Waals surface area contributed by atoms with E-state index in [1.807, 2.05) is 0 Å². The number of carbonyl (C=O) groups excluding carboxylic acids is 1. The molecule has 14 heavy (non-hydrogen) atoms. The van der Waals surface area contributed by atoms with Crippen LogP contribution in [0.1, 0.15) is 30.4 Å². The van der Waals surface area contributed by atoms with Crippen LogP contribution in [0.4, 0.5) is 0 Å². The molecule has 1 aliphatic carbocycles. The molecule has 0 saturated heterocycles. The standard InChI is InChI=1S/C13H16O/c1-11-4-2-3-5-12(11)10-13(6-7-13)8-9-14/h2-5,9H,6-8,10H2,1H3. The van der Waals surface area contributed by atoms with E-state index >= 15 is 0 Å². The van der Waals surface area contributed by atoms with Gasteiger partial charge in [0.2, 0.25) is 0 Å². The average Bonchev–Trinajstić information content (AvgIpc) is 2.90. The van der Waals surface area contributed by atoms with E-state index < -0.39 is 0 Å². The van der Waals surface area contributed by atoms with Gasteiger partial charge in [-0.05, 0) is 42.7 Å². The first-order valence-electron chi connectivity index (χ1n) is 5.24. The fourth-order valence-electron chi connectivity index (χ4n) is 2.02. The van der Waals surface area contributed by atoms with E-state index in [2.05, 4.69) is 31.2 Å². The number of rotatable bonds is 4. The van der Waals surface area contributed by atoms with E-state index in [-0.39, 0.29) is 0 Å². The fraction of sp³-hybridized carbons (Fsp3) is 0.462. The monoisotopic (exact) mass is 188 g/mol. The lowest BCUT2D eigenvalue weighted by molar-refractivity contribution is -0.108. The van der Waals surface area contributed by atoms with Crippen molar-refractivity contribution in [3.63, 3.8) is 0 Å². The van der Waals surface area contributed by atoms with Crippen molar-refractivity contribution in [2.45, 2.75) is 32.6 Å². The minimum Gasteiger partial charge on any atom is -0.303 e. The third-order valence-corrected chi connectivity index (χ3v) is 3.30. The van der Waals surface area contributed by atoms with E-state index in [0.717, 1.165) is 19.1 Å². The molecule has 1 aromatic rings. The minimum atomic E-state index is 0.327. The van der Waals surface area contributed by atoms with Crippen LogP contribution in [0.5, 0.6) is 0 Å². The van der Waals surface area contributed by atoms with Gasteiger partial charge in [-0.3, -0.25) is 0 Å². The summed E-state index contributed by atoms with van der Waals surface area (Å²) in [5.41, 5.74) is 3.09. The number of hydrogen-bond acceptors (Lipinski definition) is 1. The van der Waals surface area contributed by atoms with Crippen LogP contribution in [-0.4, -0.2) is 6.29 Å². The Balaban J connectivity index is 2.11. The van der Waals surface area contributed by atoms with E-state index in [0.29, 0.717) is 5.41 Å². The first-order chi connectivity index (χ1) is 6.76. The van der Waals surface area contributed by atoms with Crippen molar-refractivity contribution in [1.82, 2.24) is 0 Å². The molecule has 0 aromatic heterocycles. The summed E-state index contributed by atoms with van der Waals surface area (Å²) in [6.07, 6.45) is 5.34. The Hall–Kier alpha value is -1.11. The van der Waals surface area contributed by atoms with Crippen LogP contribution in [0.15, 0.2) is 24.3 Å². The molecule has 0 spiro atoms. The molecule has 0 heterocycles. The molecule has 1 saturated carbocycles. The van der Waals surface area contributed by atoms with Crippen LogP contribution in [0.2, 0.25) is 0 Å². The van der Waals surface area contributed by atoms with E-state index in [9.17, 15) is 4.79 Å². The normalized spacial score (nSPS) is 17.8. The Kier molecular flexibility index (Phi) is 2.40. The molecule has 0 aliphatic heterocycles. The van der Waals surface area contributed by atoms with E-state index in [1.54, 1.807) is 0 Å². The lowest BCUT2D eigenvalue weighted by Crippen LogP contribution is -2.06. The summed E-state index contributed by atoms with van der Waals surface area (Å²) in [4.78, 5) is 10.5. The highest BCUT2D eigenvalue weighted by Crippen LogP contribution is 2.50. The Labute approximate surface area is 85.1 Å². The van der Waals surface area contributed by atoms with Crippen LogP contribution >= 0.6 is 0 Å². The lowest BCUT2D eigenvalue weighted by atomic mass is 9.91. The van der Waals surface area contributed by atoms with Crippen LogP contribution in [0, 0.1) is 12.3 Å². The molecule has 1 fully saturated rings. The van der Waals surface area contributed by atoms with Crippen LogP contribution in [0.25, 0.3) is 0 Å². The van der Waals surface area contributed by atoms with Gasteiger partial charge in [-0.1, -0.05) is 24.3 Å². The summed E-state index contributed by atoms with van der Waals surface area (Å²) in [7, 11) is 0. The molecule has 0 amide bonds. The minimum absolute atomic E-state index is 0.327. The van der Waals surface area contributed by atoms with Gasteiger partial charge in [-0.2, -0.15) is 0 Å². The summed E-state index contributed by atoms with van der Waals surface area (Å²) in [5.74, 6) is 0. The number of hydrogen-bond donors (Lipinski definition) is 0. The maximum atomic E-state index is 10.5. The van der Waals surface area contributed by atoms with Crippen molar-refractivity contribution in [1.29, 1.82) is 0 Å². The number of aryl methyl sites for hydroxylation is 1. The molecular formula is C13H16O. The summed E-state index contributed by atoms with van der Waals surface area (Å²) in [6.45, 7) is 2.15. The SMILES string of the molecule is Cc1ccccc1CC1(CC=O)CC1. The van der Waals surface area contributed by atoms with E-state index in [4.69, 9.17) is 0 Å². The van der Waals surface area contributed by atoms with Crippen molar-refractivity contribution in [2.75, 3.05) is 0 Å². The van der Waals surface area contributed by atoms with Gasteiger partial charge >= 0.3 is 0 Å². The maximum absolute atomic E-state index is 10.5. The van der Waals surface area contributed by atoms with Crippen molar-refractivity contribution in [2.24, 2.45) is 5.41 Å². The zero-order chi connectivity index (χ0) is 10.0. The van der Waals surface area contributed by atoms with Gasteiger partial charge < -0.3 is 4.79 Å². The van der Waals surface area contributed by atoms with Crippen molar-refractivity contribution >= 4 is 6.29 Å². The molecular weight excluding hydrogens is 172 g/mol. The summed E-state index contributed by atoms with van der Waals surface area (Å²) in [5, 5.41) is 0. The topological polar surface area (TPSA) is 17.1 Å². The molecule has 0 atom stereocenters. The molecule has 1 nitrogen and oxygen atoms in total. The van der Waals surface area contributed by atoms with E-state index in [1.165, 1.54) is 24.0 Å². The highest BCUT2D eigenvalue weighted by atomic mass is 16.1. The van der Waals surface area contributed by atoms with Crippen molar-refractivity contribution in [3.05, 3.63) is 35.4 Å². The second-order valence-corrected chi connectivity index (χ2v) is 4.47. The predicted molar refractivity (Wildman–Crippen MR) is 57.2 cm³/mol. The number of aldehydes is 1. The molecule has 2 rings (SSSR count). The highest BCUT2D eigenvalue weighted by molar-refractivity contribution is 5.52. The molecule has 0 unspecified atom stereocenters. The van der Waals surface area contributed by atoms with Gasteiger partial charge in [0.05, 0.1) is 0 Å². The highest BCUT2D eigenvalue weighted by Gasteiger charge is 2.41. The zero-order valence-electron chi connectivity index (χ0n) is 8.62. The molecule has 1 aliphatic rings. The predicted octanol–water partition coefficient (Wildman–Crippen LogP) is 2.91. The van der Waals surface area contributed by atoms with Gasteiger partial charge in [0.25, 0.3) is 0 Å². The van der Waals surface area contributed by atoms with Crippen LogP contribution in [0.3, 0.4) is 0 Å². The van der Waals surface area contributed by atoms with Crippen molar-refractivity contribution < 1.29 is 4.79 Å². The smallest absolute Gasteiger partial charge is 0.120 e. The maximum Gasteiger partial charge on any atom is 0.120 e. The van der Waals surface area contributed by atoms with Crippen LogP contribution in [-0.2, 0) is 11.2 Å². The third kappa shape index (κ3) is 1.87. The zero-order valence-corrected chi connectivity index (χ0v) is 8.62. The molecule has 1 heteroatoms.